The van der Waals surface area contributed by atoms with E-state index in [4.69, 9.17) is 4.74 Å². The first-order chi connectivity index (χ1) is 8.67. The topological polar surface area (TPSA) is 43.4 Å². The summed E-state index contributed by atoms with van der Waals surface area (Å²) < 4.78 is 16.8. The second-order valence-corrected chi connectivity index (χ2v) is 5.73. The number of benzene rings is 1. The minimum atomic E-state index is -1.05. The molecule has 1 unspecified atom stereocenters. The second-order valence-electron chi connectivity index (χ2n) is 4.15. The molecule has 0 heterocycles. The lowest BCUT2D eigenvalue weighted by atomic mass is 10.1. The molecule has 0 bridgehead atoms. The predicted octanol–water partition coefficient (Wildman–Crippen LogP) is 2.82. The number of methoxy groups -OCH3 is 1. The van der Waals surface area contributed by atoms with Crippen LogP contribution in [0, 0.1) is 0 Å². The maximum Gasteiger partial charge on any atom is 0.175 e. The zero-order valence-electron chi connectivity index (χ0n) is 11.0. The maximum atomic E-state index is 11.9. The van der Waals surface area contributed by atoms with Crippen LogP contribution in [0.3, 0.4) is 0 Å². The van der Waals surface area contributed by atoms with E-state index in [0.717, 1.165) is 19.3 Å². The molecule has 1 rings (SSSR count). The molecule has 0 radical (unpaired) electrons. The van der Waals surface area contributed by atoms with Crippen LogP contribution in [-0.2, 0) is 10.8 Å². The fourth-order valence-corrected chi connectivity index (χ4v) is 2.74. The summed E-state index contributed by atoms with van der Waals surface area (Å²) in [6, 6.07) is 6.97. The molecule has 1 aromatic carbocycles. The fraction of sp³-hybridized carbons (Fsp3) is 0.500. The number of carbonyl (C=O) groups excluding carboxylic acids is 1. The summed E-state index contributed by atoms with van der Waals surface area (Å²) in [6.07, 6.45) is 3.09. The molecule has 0 aromatic heterocycles. The quantitative estimate of drug-likeness (QED) is 0.538. The van der Waals surface area contributed by atoms with Crippen molar-refractivity contribution in [2.45, 2.75) is 26.2 Å². The summed E-state index contributed by atoms with van der Waals surface area (Å²) in [5.74, 6) is 1.29. The van der Waals surface area contributed by atoms with Crippen LogP contribution in [0.1, 0.15) is 36.5 Å². The molecule has 0 aliphatic heterocycles. The Kier molecular flexibility index (Phi) is 6.65. The molecule has 0 spiro atoms. The van der Waals surface area contributed by atoms with E-state index in [2.05, 4.69) is 6.92 Å². The standard InChI is InChI=1S/C14H20O3S/c1-3-4-5-9-18(16)11-14(15)12-7-6-8-13(10-12)17-2/h6-8,10H,3-5,9,11H2,1-2H3. The van der Waals surface area contributed by atoms with E-state index < -0.39 is 10.8 Å². The molecule has 18 heavy (non-hydrogen) atoms. The molecule has 0 saturated heterocycles. The number of unbranched alkanes of at least 4 members (excludes halogenated alkanes) is 2. The Hall–Kier alpha value is -1.16. The summed E-state index contributed by atoms with van der Waals surface area (Å²) in [5, 5.41) is 0. The molecular formula is C14H20O3S. The van der Waals surface area contributed by atoms with E-state index in [1.54, 1.807) is 31.4 Å². The van der Waals surface area contributed by atoms with Gasteiger partial charge in [0.1, 0.15) is 5.75 Å². The summed E-state index contributed by atoms with van der Waals surface area (Å²) in [5.41, 5.74) is 0.568. The number of ether oxygens (including phenoxy) is 1. The Bertz CT molecular complexity index is 415. The van der Waals surface area contributed by atoms with Gasteiger partial charge in [-0.25, -0.2) is 0 Å². The van der Waals surface area contributed by atoms with Crippen molar-refractivity contribution in [2.75, 3.05) is 18.6 Å². The van der Waals surface area contributed by atoms with Gasteiger partial charge in [-0.05, 0) is 18.6 Å². The van der Waals surface area contributed by atoms with Crippen molar-refractivity contribution in [3.63, 3.8) is 0 Å². The van der Waals surface area contributed by atoms with Gasteiger partial charge in [0.15, 0.2) is 5.78 Å². The van der Waals surface area contributed by atoms with Crippen LogP contribution in [0.4, 0.5) is 0 Å². The third kappa shape index (κ3) is 5.00. The molecule has 4 heteroatoms. The Morgan fingerprint density at radius 3 is 2.78 bits per heavy atom. The summed E-state index contributed by atoms with van der Waals surface area (Å²) in [7, 11) is 0.511. The van der Waals surface area contributed by atoms with Gasteiger partial charge in [0, 0.05) is 22.1 Å². The van der Waals surface area contributed by atoms with E-state index in [0.29, 0.717) is 17.1 Å². The Labute approximate surface area is 111 Å². The number of Topliss-reactive ketones (excluding diaryl/α,β-unsaturated/α-hetero) is 1. The van der Waals surface area contributed by atoms with Crippen molar-refractivity contribution in [1.29, 1.82) is 0 Å². The van der Waals surface area contributed by atoms with Crippen LogP contribution < -0.4 is 4.74 Å². The molecule has 0 saturated carbocycles. The van der Waals surface area contributed by atoms with E-state index in [1.807, 2.05) is 0 Å². The number of hydrogen-bond donors (Lipinski definition) is 0. The van der Waals surface area contributed by atoms with E-state index in [-0.39, 0.29) is 11.5 Å². The van der Waals surface area contributed by atoms with Crippen LogP contribution in [-0.4, -0.2) is 28.6 Å². The van der Waals surface area contributed by atoms with Gasteiger partial charge in [-0.2, -0.15) is 0 Å². The number of carbonyl (C=O) groups is 1. The number of rotatable bonds is 8. The summed E-state index contributed by atoms with van der Waals surface area (Å²) in [6.45, 7) is 2.10. The average molecular weight is 268 g/mol. The van der Waals surface area contributed by atoms with Crippen molar-refractivity contribution in [3.8, 4) is 5.75 Å². The second kappa shape index (κ2) is 8.03. The zero-order valence-corrected chi connectivity index (χ0v) is 11.8. The predicted molar refractivity (Wildman–Crippen MR) is 74.7 cm³/mol. The first-order valence-corrected chi connectivity index (χ1v) is 7.68. The largest absolute Gasteiger partial charge is 0.497 e. The van der Waals surface area contributed by atoms with Crippen molar-refractivity contribution in [1.82, 2.24) is 0 Å². The highest BCUT2D eigenvalue weighted by atomic mass is 32.2. The highest BCUT2D eigenvalue weighted by Gasteiger charge is 2.11. The average Bonchev–Trinajstić information content (AvgIpc) is 2.39. The molecule has 0 N–H and O–H groups in total. The minimum absolute atomic E-state index is 0.0799. The van der Waals surface area contributed by atoms with Gasteiger partial charge in [0.25, 0.3) is 0 Å². The molecule has 0 amide bonds. The van der Waals surface area contributed by atoms with Crippen LogP contribution in [0.15, 0.2) is 24.3 Å². The van der Waals surface area contributed by atoms with Gasteiger partial charge < -0.3 is 4.74 Å². The van der Waals surface area contributed by atoms with Gasteiger partial charge in [0.2, 0.25) is 0 Å². The van der Waals surface area contributed by atoms with Crippen molar-refractivity contribution in [2.24, 2.45) is 0 Å². The maximum absolute atomic E-state index is 11.9. The highest BCUT2D eigenvalue weighted by molar-refractivity contribution is 7.85. The van der Waals surface area contributed by atoms with Crippen LogP contribution in [0.2, 0.25) is 0 Å². The van der Waals surface area contributed by atoms with Crippen molar-refractivity contribution < 1.29 is 13.7 Å². The van der Waals surface area contributed by atoms with Gasteiger partial charge in [-0.1, -0.05) is 31.9 Å². The Morgan fingerprint density at radius 2 is 2.11 bits per heavy atom. The lowest BCUT2D eigenvalue weighted by Gasteiger charge is -2.04. The van der Waals surface area contributed by atoms with Crippen LogP contribution in [0.25, 0.3) is 0 Å². The summed E-state index contributed by atoms with van der Waals surface area (Å²) >= 11 is 0. The minimum Gasteiger partial charge on any atom is -0.497 e. The van der Waals surface area contributed by atoms with E-state index in [9.17, 15) is 9.00 Å². The lowest BCUT2D eigenvalue weighted by molar-refractivity contribution is 0.102. The first-order valence-electron chi connectivity index (χ1n) is 6.19. The van der Waals surface area contributed by atoms with Gasteiger partial charge in [0.05, 0.1) is 12.9 Å². The number of ketones is 1. The van der Waals surface area contributed by atoms with E-state index in [1.165, 1.54) is 0 Å². The van der Waals surface area contributed by atoms with Crippen LogP contribution in [0.5, 0.6) is 5.75 Å². The summed E-state index contributed by atoms with van der Waals surface area (Å²) in [4.78, 5) is 11.9. The molecule has 0 aliphatic rings. The Morgan fingerprint density at radius 1 is 1.33 bits per heavy atom. The molecule has 0 fully saturated rings. The monoisotopic (exact) mass is 268 g/mol. The van der Waals surface area contributed by atoms with E-state index >= 15 is 0 Å². The number of hydrogen-bond acceptors (Lipinski definition) is 3. The van der Waals surface area contributed by atoms with Gasteiger partial charge >= 0.3 is 0 Å². The van der Waals surface area contributed by atoms with Crippen molar-refractivity contribution in [3.05, 3.63) is 29.8 Å². The molecule has 1 atom stereocenters. The first kappa shape index (κ1) is 14.9. The van der Waals surface area contributed by atoms with Crippen LogP contribution >= 0.6 is 0 Å². The lowest BCUT2D eigenvalue weighted by Crippen LogP contribution is -2.13. The molecule has 0 aliphatic carbocycles. The smallest absolute Gasteiger partial charge is 0.175 e. The highest BCUT2D eigenvalue weighted by Crippen LogP contribution is 2.13. The van der Waals surface area contributed by atoms with Gasteiger partial charge in [-0.3, -0.25) is 9.00 Å². The third-order valence-corrected chi connectivity index (χ3v) is 3.99. The molecule has 1 aromatic rings. The third-order valence-electron chi connectivity index (χ3n) is 2.66. The molecule has 100 valence electrons. The Balaban J connectivity index is 2.51. The zero-order chi connectivity index (χ0) is 13.4. The van der Waals surface area contributed by atoms with Crippen molar-refractivity contribution >= 4 is 16.6 Å². The molecule has 3 nitrogen and oxygen atoms in total. The molecular weight excluding hydrogens is 248 g/mol. The normalized spacial score (nSPS) is 12.1. The SMILES string of the molecule is CCCCCS(=O)CC(=O)c1cccc(OC)c1. The fourth-order valence-electron chi connectivity index (χ4n) is 1.61. The van der Waals surface area contributed by atoms with Gasteiger partial charge in [-0.15, -0.1) is 0 Å².